The van der Waals surface area contributed by atoms with E-state index in [2.05, 4.69) is 0 Å². The molecule has 1 N–H and O–H groups in total. The molecule has 1 aliphatic carbocycles. The maximum absolute atomic E-state index is 12.1. The van der Waals surface area contributed by atoms with Gasteiger partial charge in [-0.15, -0.1) is 0 Å². The number of fused-ring (bicyclic) bond motifs is 1. The zero-order chi connectivity index (χ0) is 19.8. The second-order valence-corrected chi connectivity index (χ2v) is 6.87. The van der Waals surface area contributed by atoms with Gasteiger partial charge < -0.3 is 28.8 Å². The Morgan fingerprint density at radius 1 is 1.12 bits per heavy atom. The summed E-state index contributed by atoms with van der Waals surface area (Å²) < 4.78 is 27.7. The molecule has 0 aromatic rings. The Kier molecular flexibility index (Phi) is 5.62. The maximum atomic E-state index is 12.1. The number of hydrogen-bond donors (Lipinski definition) is 1. The van der Waals surface area contributed by atoms with Gasteiger partial charge in [-0.05, 0) is 20.3 Å². The van der Waals surface area contributed by atoms with E-state index >= 15 is 0 Å². The van der Waals surface area contributed by atoms with Crippen molar-refractivity contribution in [1.82, 2.24) is 0 Å². The van der Waals surface area contributed by atoms with Crippen molar-refractivity contribution in [2.45, 2.75) is 56.1 Å². The van der Waals surface area contributed by atoms with Crippen molar-refractivity contribution in [2.24, 2.45) is 11.8 Å². The van der Waals surface area contributed by atoms with Gasteiger partial charge in [-0.2, -0.15) is 10.5 Å². The Morgan fingerprint density at radius 2 is 1.65 bits per heavy atom. The zero-order valence-electron chi connectivity index (χ0n) is 15.5. The van der Waals surface area contributed by atoms with E-state index in [9.17, 15) is 20.4 Å². The molecule has 26 heavy (non-hydrogen) atoms. The number of carbonyl (C=O) groups is 1. The van der Waals surface area contributed by atoms with Crippen molar-refractivity contribution < 1.29 is 33.6 Å². The Morgan fingerprint density at radius 3 is 2.12 bits per heavy atom. The smallest absolute Gasteiger partial charge is 0.337 e. The van der Waals surface area contributed by atoms with Gasteiger partial charge in [0, 0.05) is 26.6 Å². The molecule has 0 aromatic carbocycles. The highest BCUT2D eigenvalue weighted by molar-refractivity contribution is 5.79. The van der Waals surface area contributed by atoms with Crippen molar-refractivity contribution in [3.63, 3.8) is 0 Å². The molecule has 2 rings (SSSR count). The lowest BCUT2D eigenvalue weighted by atomic mass is 9.69. The highest BCUT2D eigenvalue weighted by atomic mass is 16.8. The largest absolute Gasteiger partial charge is 0.467 e. The number of rotatable bonds is 4. The first-order valence-electron chi connectivity index (χ1n) is 8.19. The van der Waals surface area contributed by atoms with Gasteiger partial charge in [-0.1, -0.05) is 0 Å². The van der Waals surface area contributed by atoms with Crippen molar-refractivity contribution >= 4 is 5.97 Å². The number of aliphatic hydroxyl groups is 1. The standard InChI is InChI=1S/C17H24N2O7/c1-15(23-4)16(2,24-5)26-13-11(10(8-18)9-19)6-17(21,14(20)22-3)7-12(13)25-15/h10-13,21H,6-7H2,1-5H3/t11-,12-,13-,15+,16+,17+/m1/s1. The number of esters is 1. The fourth-order valence-corrected chi connectivity index (χ4v) is 3.70. The number of carbonyl (C=O) groups excluding carboxylic acids is 1. The van der Waals surface area contributed by atoms with E-state index in [4.69, 9.17) is 23.7 Å². The first-order chi connectivity index (χ1) is 12.1. The Hall–Kier alpha value is -1.75. The van der Waals surface area contributed by atoms with Crippen LogP contribution < -0.4 is 0 Å². The van der Waals surface area contributed by atoms with Gasteiger partial charge in [0.25, 0.3) is 0 Å². The van der Waals surface area contributed by atoms with Gasteiger partial charge in [0.1, 0.15) is 5.92 Å². The van der Waals surface area contributed by atoms with Crippen molar-refractivity contribution in [3.8, 4) is 12.1 Å². The third kappa shape index (κ3) is 3.07. The number of nitriles is 2. The molecular formula is C17H24N2O7. The summed E-state index contributed by atoms with van der Waals surface area (Å²) in [6, 6.07) is 3.79. The average Bonchev–Trinajstić information content (AvgIpc) is 2.63. The van der Waals surface area contributed by atoms with Gasteiger partial charge >= 0.3 is 5.97 Å². The maximum Gasteiger partial charge on any atom is 0.337 e. The molecule has 6 atom stereocenters. The summed E-state index contributed by atoms with van der Waals surface area (Å²) in [6.45, 7) is 3.23. The van der Waals surface area contributed by atoms with Crippen LogP contribution in [-0.2, 0) is 28.5 Å². The summed E-state index contributed by atoms with van der Waals surface area (Å²) in [4.78, 5) is 12.1. The van der Waals surface area contributed by atoms with Crippen LogP contribution in [0.3, 0.4) is 0 Å². The molecular weight excluding hydrogens is 344 g/mol. The SMILES string of the molecule is COC(=O)[C@]1(O)C[C@H](C(C#N)C#N)[C@H]2O[C@](C)(OC)[C@@](C)(OC)O[C@@H]2C1. The van der Waals surface area contributed by atoms with E-state index < -0.39 is 47.2 Å². The number of hydrogen-bond acceptors (Lipinski definition) is 9. The average molecular weight is 368 g/mol. The van der Waals surface area contributed by atoms with Gasteiger partial charge in [-0.25, -0.2) is 4.79 Å². The van der Waals surface area contributed by atoms with Crippen molar-refractivity contribution in [2.75, 3.05) is 21.3 Å². The Bertz CT molecular complexity index is 630. The summed E-state index contributed by atoms with van der Waals surface area (Å²) in [6.07, 6.45) is -1.85. The molecule has 2 fully saturated rings. The molecule has 0 spiro atoms. The van der Waals surface area contributed by atoms with Crippen molar-refractivity contribution in [3.05, 3.63) is 0 Å². The monoisotopic (exact) mass is 368 g/mol. The first kappa shape index (κ1) is 20.6. The van der Waals surface area contributed by atoms with Gasteiger partial charge in [0.05, 0.1) is 31.5 Å². The fraction of sp³-hybridized carbons (Fsp3) is 0.824. The molecule has 0 radical (unpaired) electrons. The highest BCUT2D eigenvalue weighted by Crippen LogP contribution is 2.49. The minimum absolute atomic E-state index is 0.122. The molecule has 9 heteroatoms. The minimum Gasteiger partial charge on any atom is -0.467 e. The van der Waals surface area contributed by atoms with Gasteiger partial charge in [0.2, 0.25) is 11.6 Å². The summed E-state index contributed by atoms with van der Waals surface area (Å²) in [5.74, 6) is -5.41. The molecule has 0 aromatic heterocycles. The van der Waals surface area contributed by atoms with E-state index in [0.29, 0.717) is 0 Å². The van der Waals surface area contributed by atoms with Crippen LogP contribution in [-0.4, -0.2) is 61.8 Å². The van der Waals surface area contributed by atoms with Gasteiger partial charge in [-0.3, -0.25) is 0 Å². The Balaban J connectivity index is 2.48. The van der Waals surface area contributed by atoms with E-state index in [-0.39, 0.29) is 12.8 Å². The van der Waals surface area contributed by atoms with Crippen LogP contribution in [0.5, 0.6) is 0 Å². The fourth-order valence-electron chi connectivity index (χ4n) is 3.70. The normalized spacial score (nSPS) is 42.4. The minimum atomic E-state index is -1.90. The molecule has 1 heterocycles. The molecule has 1 saturated carbocycles. The second-order valence-electron chi connectivity index (χ2n) is 6.87. The molecule has 0 bridgehead atoms. The topological polar surface area (TPSA) is 131 Å². The quantitative estimate of drug-likeness (QED) is 0.703. The van der Waals surface area contributed by atoms with Gasteiger partial charge in [0.15, 0.2) is 5.60 Å². The van der Waals surface area contributed by atoms with E-state index in [1.54, 1.807) is 13.8 Å². The lowest BCUT2D eigenvalue weighted by Gasteiger charge is -2.56. The summed E-state index contributed by atoms with van der Waals surface area (Å²) in [5.41, 5.74) is -1.90. The lowest BCUT2D eigenvalue weighted by Crippen LogP contribution is -2.70. The molecule has 9 nitrogen and oxygen atoms in total. The predicted molar refractivity (Wildman–Crippen MR) is 85.0 cm³/mol. The van der Waals surface area contributed by atoms with E-state index in [0.717, 1.165) is 7.11 Å². The number of methoxy groups -OCH3 is 3. The summed E-state index contributed by atoms with van der Waals surface area (Å²) in [7, 11) is 4.00. The van der Waals surface area contributed by atoms with Crippen LogP contribution >= 0.6 is 0 Å². The molecule has 144 valence electrons. The highest BCUT2D eigenvalue weighted by Gasteiger charge is 2.63. The van der Waals surface area contributed by atoms with Crippen LogP contribution in [0, 0.1) is 34.5 Å². The van der Waals surface area contributed by atoms with E-state index in [1.165, 1.54) is 14.2 Å². The number of ether oxygens (including phenoxy) is 5. The van der Waals surface area contributed by atoms with Crippen LogP contribution in [0.4, 0.5) is 0 Å². The second kappa shape index (κ2) is 7.10. The molecule has 1 saturated heterocycles. The lowest BCUT2D eigenvalue weighted by molar-refractivity contribution is -0.459. The summed E-state index contributed by atoms with van der Waals surface area (Å²) in [5, 5.41) is 29.5. The van der Waals surface area contributed by atoms with Crippen LogP contribution in [0.2, 0.25) is 0 Å². The molecule has 1 aliphatic heterocycles. The molecule has 0 unspecified atom stereocenters. The van der Waals surface area contributed by atoms with Crippen LogP contribution in [0.1, 0.15) is 26.7 Å². The van der Waals surface area contributed by atoms with E-state index in [1.807, 2.05) is 12.1 Å². The Labute approximate surface area is 152 Å². The van der Waals surface area contributed by atoms with Crippen LogP contribution in [0.15, 0.2) is 0 Å². The van der Waals surface area contributed by atoms with Crippen molar-refractivity contribution in [1.29, 1.82) is 10.5 Å². The summed E-state index contributed by atoms with van der Waals surface area (Å²) >= 11 is 0. The third-order valence-electron chi connectivity index (χ3n) is 5.51. The van der Waals surface area contributed by atoms with Crippen LogP contribution in [0.25, 0.3) is 0 Å². The predicted octanol–water partition coefficient (Wildman–Crippen LogP) is 0.473. The molecule has 2 aliphatic rings. The zero-order valence-corrected chi connectivity index (χ0v) is 15.5. The third-order valence-corrected chi connectivity index (χ3v) is 5.51. The first-order valence-corrected chi connectivity index (χ1v) is 8.19. The number of nitrogens with zero attached hydrogens (tertiary/aromatic N) is 2. The molecule has 0 amide bonds.